The molecule has 1 aromatic carbocycles. The Morgan fingerprint density at radius 2 is 2.19 bits per heavy atom. The lowest BCUT2D eigenvalue weighted by Gasteiger charge is -2.41. The van der Waals surface area contributed by atoms with Crippen LogP contribution in [0.5, 0.6) is 5.75 Å². The Labute approximate surface area is 104 Å². The van der Waals surface area contributed by atoms with Gasteiger partial charge >= 0.3 is 0 Å². The highest BCUT2D eigenvalue weighted by Gasteiger charge is 2.41. The molecule has 1 aliphatic carbocycles. The SMILES string of the molecule is COC1C(N)CC1Oc1ccc(C)cc1Br. The molecule has 88 valence electrons. The molecule has 1 aliphatic rings. The molecule has 0 amide bonds. The van der Waals surface area contributed by atoms with Crippen molar-refractivity contribution in [2.45, 2.75) is 31.6 Å². The van der Waals surface area contributed by atoms with Crippen LogP contribution >= 0.6 is 15.9 Å². The molecule has 1 saturated carbocycles. The summed E-state index contributed by atoms with van der Waals surface area (Å²) in [5, 5.41) is 0. The van der Waals surface area contributed by atoms with E-state index in [0.29, 0.717) is 0 Å². The molecule has 1 aromatic rings. The zero-order valence-electron chi connectivity index (χ0n) is 9.44. The van der Waals surface area contributed by atoms with Crippen molar-refractivity contribution in [3.05, 3.63) is 28.2 Å². The van der Waals surface area contributed by atoms with Gasteiger partial charge in [0.1, 0.15) is 18.0 Å². The van der Waals surface area contributed by atoms with Crippen LogP contribution in [0, 0.1) is 6.92 Å². The van der Waals surface area contributed by atoms with Gasteiger partial charge in [-0.2, -0.15) is 0 Å². The molecule has 0 heterocycles. The summed E-state index contributed by atoms with van der Waals surface area (Å²) in [6.45, 7) is 2.05. The van der Waals surface area contributed by atoms with Crippen LogP contribution in [0.1, 0.15) is 12.0 Å². The molecule has 4 heteroatoms. The van der Waals surface area contributed by atoms with Crippen molar-refractivity contribution < 1.29 is 9.47 Å². The average Bonchev–Trinajstić information content (AvgIpc) is 2.21. The number of ether oxygens (including phenoxy) is 2. The third kappa shape index (κ3) is 2.24. The maximum atomic E-state index is 5.86. The van der Waals surface area contributed by atoms with Crippen LogP contribution in [0.4, 0.5) is 0 Å². The van der Waals surface area contributed by atoms with Crippen LogP contribution < -0.4 is 10.5 Å². The summed E-state index contributed by atoms with van der Waals surface area (Å²) in [5.74, 6) is 0.851. The predicted molar refractivity (Wildman–Crippen MR) is 66.7 cm³/mol. The third-order valence-corrected chi connectivity index (χ3v) is 3.55. The van der Waals surface area contributed by atoms with Gasteiger partial charge in [0, 0.05) is 19.6 Å². The fraction of sp³-hybridized carbons (Fsp3) is 0.500. The topological polar surface area (TPSA) is 44.5 Å². The van der Waals surface area contributed by atoms with Gasteiger partial charge in [0.05, 0.1) is 4.47 Å². The van der Waals surface area contributed by atoms with Gasteiger partial charge in [0.15, 0.2) is 0 Å². The summed E-state index contributed by atoms with van der Waals surface area (Å²) in [6.07, 6.45) is 0.922. The lowest BCUT2D eigenvalue weighted by Crippen LogP contribution is -2.59. The zero-order chi connectivity index (χ0) is 11.7. The summed E-state index contributed by atoms with van der Waals surface area (Å²) in [5.41, 5.74) is 7.02. The molecule has 0 saturated heterocycles. The molecule has 3 nitrogen and oxygen atoms in total. The van der Waals surface area contributed by atoms with E-state index in [1.165, 1.54) is 5.56 Å². The first-order valence-electron chi connectivity index (χ1n) is 5.33. The van der Waals surface area contributed by atoms with Crippen LogP contribution in [-0.4, -0.2) is 25.4 Å². The van der Waals surface area contributed by atoms with Crippen LogP contribution in [0.2, 0.25) is 0 Å². The van der Waals surface area contributed by atoms with E-state index < -0.39 is 0 Å². The van der Waals surface area contributed by atoms with Crippen molar-refractivity contribution in [1.29, 1.82) is 0 Å². The summed E-state index contributed by atoms with van der Waals surface area (Å²) in [6, 6.07) is 6.13. The first kappa shape index (κ1) is 11.9. The lowest BCUT2D eigenvalue weighted by atomic mass is 9.86. The van der Waals surface area contributed by atoms with Crippen LogP contribution in [-0.2, 0) is 4.74 Å². The molecule has 0 aliphatic heterocycles. The standard InChI is InChI=1S/C12H16BrNO2/c1-7-3-4-10(8(13)5-7)16-11-6-9(14)12(11)15-2/h3-5,9,11-12H,6,14H2,1-2H3. The molecule has 2 rings (SSSR count). The van der Waals surface area contributed by atoms with Crippen molar-refractivity contribution >= 4 is 15.9 Å². The Kier molecular flexibility index (Phi) is 3.52. The van der Waals surface area contributed by atoms with Gasteiger partial charge < -0.3 is 15.2 Å². The quantitative estimate of drug-likeness (QED) is 0.927. The second-order valence-electron chi connectivity index (χ2n) is 4.19. The second kappa shape index (κ2) is 4.73. The monoisotopic (exact) mass is 285 g/mol. The van der Waals surface area contributed by atoms with Gasteiger partial charge in [-0.3, -0.25) is 0 Å². The van der Waals surface area contributed by atoms with Gasteiger partial charge in [-0.15, -0.1) is 0 Å². The van der Waals surface area contributed by atoms with E-state index in [1.54, 1.807) is 7.11 Å². The van der Waals surface area contributed by atoms with Gasteiger partial charge in [0.25, 0.3) is 0 Å². The zero-order valence-corrected chi connectivity index (χ0v) is 11.0. The largest absolute Gasteiger partial charge is 0.486 e. The number of methoxy groups -OCH3 is 1. The van der Waals surface area contributed by atoms with E-state index >= 15 is 0 Å². The molecule has 0 radical (unpaired) electrons. The van der Waals surface area contributed by atoms with Crippen LogP contribution in [0.15, 0.2) is 22.7 Å². The second-order valence-corrected chi connectivity index (χ2v) is 5.04. The molecule has 16 heavy (non-hydrogen) atoms. The average molecular weight is 286 g/mol. The predicted octanol–water partition coefficient (Wildman–Crippen LogP) is 2.25. The fourth-order valence-electron chi connectivity index (χ4n) is 1.92. The van der Waals surface area contributed by atoms with Crippen LogP contribution in [0.25, 0.3) is 0 Å². The molecule has 3 atom stereocenters. The Balaban J connectivity index is 2.04. The number of hydrogen-bond acceptors (Lipinski definition) is 3. The molecule has 0 aromatic heterocycles. The number of aryl methyl sites for hydroxylation is 1. The Bertz CT molecular complexity index is 383. The normalized spacial score (nSPS) is 28.6. The van der Waals surface area contributed by atoms with Gasteiger partial charge in [0.2, 0.25) is 0 Å². The Hall–Kier alpha value is -0.580. The summed E-state index contributed by atoms with van der Waals surface area (Å²) in [4.78, 5) is 0. The van der Waals surface area contributed by atoms with E-state index in [2.05, 4.69) is 15.9 Å². The highest BCUT2D eigenvalue weighted by atomic mass is 79.9. The maximum Gasteiger partial charge on any atom is 0.134 e. The molecule has 0 spiro atoms. The number of benzene rings is 1. The molecule has 2 N–H and O–H groups in total. The summed E-state index contributed by atoms with van der Waals surface area (Å²) < 4.78 is 12.1. The molecular formula is C12H16BrNO2. The molecule has 3 unspecified atom stereocenters. The van der Waals surface area contributed by atoms with E-state index in [-0.39, 0.29) is 18.2 Å². The maximum absolute atomic E-state index is 5.86. The summed E-state index contributed by atoms with van der Waals surface area (Å²) in [7, 11) is 1.67. The molecule has 0 bridgehead atoms. The molecular weight excluding hydrogens is 270 g/mol. The minimum atomic E-state index is 0.00760. The smallest absolute Gasteiger partial charge is 0.134 e. The Morgan fingerprint density at radius 3 is 2.75 bits per heavy atom. The minimum Gasteiger partial charge on any atom is -0.486 e. The number of nitrogens with two attached hydrogens (primary N) is 1. The van der Waals surface area contributed by atoms with Gasteiger partial charge in [-0.25, -0.2) is 0 Å². The first-order chi connectivity index (χ1) is 7.61. The van der Waals surface area contributed by atoms with E-state index in [1.807, 2.05) is 25.1 Å². The van der Waals surface area contributed by atoms with Crippen molar-refractivity contribution in [3.8, 4) is 5.75 Å². The summed E-state index contributed by atoms with van der Waals surface area (Å²) >= 11 is 3.49. The number of rotatable bonds is 3. The van der Waals surface area contributed by atoms with Crippen molar-refractivity contribution in [2.75, 3.05) is 7.11 Å². The highest BCUT2D eigenvalue weighted by molar-refractivity contribution is 9.10. The lowest BCUT2D eigenvalue weighted by molar-refractivity contribution is -0.0784. The Morgan fingerprint density at radius 1 is 1.44 bits per heavy atom. The number of halogens is 1. The van der Waals surface area contributed by atoms with E-state index in [9.17, 15) is 0 Å². The van der Waals surface area contributed by atoms with Crippen molar-refractivity contribution in [1.82, 2.24) is 0 Å². The van der Waals surface area contributed by atoms with Crippen molar-refractivity contribution in [2.24, 2.45) is 5.73 Å². The first-order valence-corrected chi connectivity index (χ1v) is 6.12. The minimum absolute atomic E-state index is 0.00760. The molecule has 1 fully saturated rings. The highest BCUT2D eigenvalue weighted by Crippen LogP contribution is 2.32. The number of hydrogen-bond donors (Lipinski definition) is 1. The van der Waals surface area contributed by atoms with E-state index in [0.717, 1.165) is 16.6 Å². The van der Waals surface area contributed by atoms with E-state index in [4.69, 9.17) is 15.2 Å². The van der Waals surface area contributed by atoms with Gasteiger partial charge in [-0.1, -0.05) is 6.07 Å². The van der Waals surface area contributed by atoms with Crippen LogP contribution in [0.3, 0.4) is 0 Å². The third-order valence-electron chi connectivity index (χ3n) is 2.93. The fourth-order valence-corrected chi connectivity index (χ4v) is 2.51. The van der Waals surface area contributed by atoms with Crippen molar-refractivity contribution in [3.63, 3.8) is 0 Å². The van der Waals surface area contributed by atoms with Gasteiger partial charge in [-0.05, 0) is 40.5 Å².